The van der Waals surface area contributed by atoms with Gasteiger partial charge in [-0.15, -0.1) is 0 Å². The topological polar surface area (TPSA) is 17.1 Å². The molecule has 3 rings (SSSR count). The first-order chi connectivity index (χ1) is 11.3. The van der Waals surface area contributed by atoms with Gasteiger partial charge in [0.2, 0.25) is 5.12 Å². The third kappa shape index (κ3) is 4.31. The van der Waals surface area contributed by atoms with Crippen molar-refractivity contribution >= 4 is 35.4 Å². The van der Waals surface area contributed by atoms with Crippen molar-refractivity contribution in [2.45, 2.75) is 0 Å². The monoisotopic (exact) mass is 336 g/mol. The van der Waals surface area contributed by atoms with Crippen molar-refractivity contribution in [1.29, 1.82) is 0 Å². The Labute approximate surface area is 142 Å². The molecule has 1 nitrogen and oxygen atoms in total. The highest BCUT2D eigenvalue weighted by Gasteiger charge is 2.16. The van der Waals surface area contributed by atoms with Crippen LogP contribution >= 0.6 is 19.7 Å². The Morgan fingerprint density at radius 2 is 1.13 bits per heavy atom. The minimum Gasteiger partial charge on any atom is -0.282 e. The van der Waals surface area contributed by atoms with Crippen LogP contribution in [0, 0.1) is 0 Å². The van der Waals surface area contributed by atoms with E-state index in [1.807, 2.05) is 42.5 Å². The van der Waals surface area contributed by atoms with E-state index in [0.29, 0.717) is 0 Å². The van der Waals surface area contributed by atoms with Gasteiger partial charge in [-0.05, 0) is 18.5 Å². The van der Waals surface area contributed by atoms with E-state index in [1.54, 1.807) is 0 Å². The van der Waals surface area contributed by atoms with E-state index in [-0.39, 0.29) is 5.12 Å². The summed E-state index contributed by atoms with van der Waals surface area (Å²) in [7, 11) is -0.532. The van der Waals surface area contributed by atoms with Crippen molar-refractivity contribution in [3.8, 4) is 0 Å². The quantitative estimate of drug-likeness (QED) is 0.631. The van der Waals surface area contributed by atoms with Crippen LogP contribution in [0.5, 0.6) is 0 Å². The van der Waals surface area contributed by atoms with Gasteiger partial charge in [-0.3, -0.25) is 4.79 Å². The molecule has 0 aliphatic rings. The van der Waals surface area contributed by atoms with E-state index in [0.717, 1.165) is 11.1 Å². The summed E-state index contributed by atoms with van der Waals surface area (Å²) in [6.07, 6.45) is 0. The first kappa shape index (κ1) is 16.0. The van der Waals surface area contributed by atoms with Gasteiger partial charge in [0.1, 0.15) is 0 Å². The van der Waals surface area contributed by atoms with E-state index < -0.39 is 7.92 Å². The van der Waals surface area contributed by atoms with Crippen molar-refractivity contribution in [2.75, 3.05) is 5.49 Å². The number of thioether (sulfide) groups is 1. The number of rotatable bonds is 5. The summed E-state index contributed by atoms with van der Waals surface area (Å²) in [5, 5.41) is 2.76. The molecule has 0 amide bonds. The molecule has 0 aliphatic heterocycles. The summed E-state index contributed by atoms with van der Waals surface area (Å²) in [6.45, 7) is 0. The van der Waals surface area contributed by atoms with Gasteiger partial charge in [0.15, 0.2) is 0 Å². The molecule has 3 aromatic carbocycles. The lowest BCUT2D eigenvalue weighted by Gasteiger charge is -2.17. The standard InChI is InChI=1S/C20H17OPS/c21-20(17-10-4-1-5-11-17)23-16-22(18-12-6-2-7-13-18)19-14-8-3-9-15-19/h1-15H,16H2. The molecule has 0 saturated heterocycles. The van der Waals surface area contributed by atoms with Crippen LogP contribution in [0.15, 0.2) is 91.0 Å². The van der Waals surface area contributed by atoms with Crippen molar-refractivity contribution in [3.63, 3.8) is 0 Å². The average Bonchev–Trinajstić information content (AvgIpc) is 2.64. The molecule has 3 aromatic rings. The molecule has 3 heteroatoms. The van der Waals surface area contributed by atoms with Crippen LogP contribution in [0.4, 0.5) is 0 Å². The van der Waals surface area contributed by atoms with E-state index in [1.165, 1.54) is 22.4 Å². The molecule has 0 heterocycles. The van der Waals surface area contributed by atoms with Gasteiger partial charge in [-0.2, -0.15) is 0 Å². The minimum atomic E-state index is -0.532. The van der Waals surface area contributed by atoms with Crippen molar-refractivity contribution in [3.05, 3.63) is 96.6 Å². The third-order valence-corrected chi connectivity index (χ3v) is 7.36. The summed E-state index contributed by atoms with van der Waals surface area (Å²) in [5.74, 6) is 0. The smallest absolute Gasteiger partial charge is 0.219 e. The Kier molecular flexibility index (Phi) is 5.63. The number of hydrogen-bond acceptors (Lipinski definition) is 2. The molecule has 0 saturated carbocycles. The largest absolute Gasteiger partial charge is 0.282 e. The highest BCUT2D eigenvalue weighted by atomic mass is 32.2. The zero-order valence-corrected chi connectivity index (χ0v) is 14.3. The first-order valence-corrected chi connectivity index (χ1v) is 9.95. The fraction of sp³-hybridized carbons (Fsp3) is 0.0500. The Morgan fingerprint density at radius 3 is 1.61 bits per heavy atom. The molecule has 114 valence electrons. The molecular formula is C20H17OPS. The van der Waals surface area contributed by atoms with Crippen molar-refractivity contribution in [1.82, 2.24) is 0 Å². The summed E-state index contributed by atoms with van der Waals surface area (Å²) in [4.78, 5) is 12.4. The summed E-state index contributed by atoms with van der Waals surface area (Å²) < 4.78 is 0. The van der Waals surface area contributed by atoms with E-state index in [2.05, 4.69) is 48.5 Å². The SMILES string of the molecule is O=C(SCP(c1ccccc1)c1ccccc1)c1ccccc1. The maximum Gasteiger partial charge on any atom is 0.219 e. The molecule has 0 aliphatic carbocycles. The van der Waals surface area contributed by atoms with Crippen LogP contribution in [-0.2, 0) is 0 Å². The second-order valence-corrected chi connectivity index (χ2v) is 8.61. The van der Waals surface area contributed by atoms with E-state index >= 15 is 0 Å². The Morgan fingerprint density at radius 1 is 0.696 bits per heavy atom. The lowest BCUT2D eigenvalue weighted by molar-refractivity contribution is 0.108. The number of carbonyl (C=O) groups excluding carboxylic acids is 1. The van der Waals surface area contributed by atoms with E-state index in [9.17, 15) is 4.79 Å². The second-order valence-electron chi connectivity index (χ2n) is 5.03. The van der Waals surface area contributed by atoms with Gasteiger partial charge in [0.25, 0.3) is 0 Å². The molecule has 0 unspecified atom stereocenters. The van der Waals surface area contributed by atoms with Crippen LogP contribution in [0.3, 0.4) is 0 Å². The number of hydrogen-bond donors (Lipinski definition) is 0. The normalized spacial score (nSPS) is 10.7. The van der Waals surface area contributed by atoms with Gasteiger partial charge in [-0.1, -0.05) is 103 Å². The molecule has 0 atom stereocenters. The third-order valence-electron chi connectivity index (χ3n) is 3.47. The molecule has 0 fully saturated rings. The molecule has 0 N–H and O–H groups in total. The highest BCUT2D eigenvalue weighted by molar-refractivity contribution is 8.18. The van der Waals surface area contributed by atoms with Crippen LogP contribution in [0.25, 0.3) is 0 Å². The first-order valence-electron chi connectivity index (χ1n) is 7.44. The van der Waals surface area contributed by atoms with Crippen molar-refractivity contribution in [2.24, 2.45) is 0 Å². The fourth-order valence-electron chi connectivity index (χ4n) is 2.29. The number of benzene rings is 3. The Balaban J connectivity index is 1.79. The molecule has 23 heavy (non-hydrogen) atoms. The lowest BCUT2D eigenvalue weighted by Crippen LogP contribution is -2.13. The summed E-state index contributed by atoms with van der Waals surface area (Å²) in [5.41, 5.74) is 1.57. The van der Waals surface area contributed by atoms with Crippen LogP contribution in [0.1, 0.15) is 10.4 Å². The van der Waals surface area contributed by atoms with Crippen LogP contribution in [0.2, 0.25) is 0 Å². The molecular weight excluding hydrogens is 319 g/mol. The maximum absolute atomic E-state index is 12.4. The minimum absolute atomic E-state index is 0.143. The van der Waals surface area contributed by atoms with Gasteiger partial charge in [-0.25, -0.2) is 0 Å². The summed E-state index contributed by atoms with van der Waals surface area (Å²) in [6, 6.07) is 30.5. The van der Waals surface area contributed by atoms with Crippen LogP contribution < -0.4 is 10.6 Å². The summed E-state index contributed by atoms with van der Waals surface area (Å²) >= 11 is 1.42. The molecule has 0 aromatic heterocycles. The number of carbonyl (C=O) groups is 1. The Bertz CT molecular complexity index is 705. The second kappa shape index (κ2) is 8.10. The zero-order valence-electron chi connectivity index (χ0n) is 12.6. The van der Waals surface area contributed by atoms with Gasteiger partial charge >= 0.3 is 0 Å². The van der Waals surface area contributed by atoms with Crippen LogP contribution in [-0.4, -0.2) is 10.6 Å². The van der Waals surface area contributed by atoms with Gasteiger partial charge < -0.3 is 0 Å². The Hall–Kier alpha value is -1.89. The molecule has 0 spiro atoms. The lowest BCUT2D eigenvalue weighted by atomic mass is 10.2. The molecule has 0 radical (unpaired) electrons. The zero-order chi connectivity index (χ0) is 15.9. The van der Waals surface area contributed by atoms with E-state index in [4.69, 9.17) is 0 Å². The highest BCUT2D eigenvalue weighted by Crippen LogP contribution is 2.38. The maximum atomic E-state index is 12.4. The van der Waals surface area contributed by atoms with Gasteiger partial charge in [0.05, 0.1) is 0 Å². The van der Waals surface area contributed by atoms with Gasteiger partial charge in [0, 0.05) is 11.1 Å². The molecule has 0 bridgehead atoms. The predicted molar refractivity (Wildman–Crippen MR) is 102 cm³/mol. The predicted octanol–water partition coefficient (Wildman–Crippen LogP) is 4.65. The average molecular weight is 336 g/mol. The van der Waals surface area contributed by atoms with Crippen molar-refractivity contribution < 1.29 is 4.79 Å². The fourth-order valence-corrected chi connectivity index (χ4v) is 6.14.